The van der Waals surface area contributed by atoms with Crippen molar-refractivity contribution in [2.45, 2.75) is 96.8 Å². The highest BCUT2D eigenvalue weighted by Crippen LogP contribution is 2.63. The molecule has 0 amide bonds. The number of rotatable bonds is 9. The Morgan fingerprint density at radius 3 is 2.54 bits per heavy atom. The van der Waals surface area contributed by atoms with Gasteiger partial charge in [-0.05, 0) is 73.5 Å². The number of aromatic hydroxyl groups is 1. The number of hydrogen-bond acceptors (Lipinski definition) is 1. The number of aryl methyl sites for hydroxylation is 1. The van der Waals surface area contributed by atoms with E-state index in [0.717, 1.165) is 17.4 Å². The van der Waals surface area contributed by atoms with Crippen LogP contribution in [0.2, 0.25) is 0 Å². The van der Waals surface area contributed by atoms with E-state index in [4.69, 9.17) is 0 Å². The van der Waals surface area contributed by atoms with Crippen LogP contribution in [0.25, 0.3) is 0 Å². The summed E-state index contributed by atoms with van der Waals surface area (Å²) in [6, 6.07) is 6.37. The molecule has 0 spiro atoms. The summed E-state index contributed by atoms with van der Waals surface area (Å²) in [4.78, 5) is 0. The van der Waals surface area contributed by atoms with E-state index in [1.54, 1.807) is 0 Å². The Morgan fingerprint density at radius 1 is 1.08 bits per heavy atom. The first-order valence-corrected chi connectivity index (χ1v) is 10.4. The summed E-state index contributed by atoms with van der Waals surface area (Å²) >= 11 is 0. The Bertz CT molecular complexity index is 535. The Hall–Kier alpha value is -0.980. The van der Waals surface area contributed by atoms with Gasteiger partial charge in [0.1, 0.15) is 5.75 Å². The average Bonchev–Trinajstić information content (AvgIpc) is 3.15. The van der Waals surface area contributed by atoms with E-state index >= 15 is 0 Å². The molecule has 3 atom stereocenters. The van der Waals surface area contributed by atoms with Gasteiger partial charge in [-0.3, -0.25) is 0 Å². The topological polar surface area (TPSA) is 20.2 Å². The minimum absolute atomic E-state index is 0.447. The normalized spacial score (nSPS) is 28.6. The molecule has 1 nitrogen and oxygen atoms in total. The van der Waals surface area contributed by atoms with Crippen molar-refractivity contribution in [3.63, 3.8) is 0 Å². The molecule has 1 N–H and O–H groups in total. The molecule has 0 aromatic heterocycles. The van der Waals surface area contributed by atoms with Crippen LogP contribution in [0.3, 0.4) is 0 Å². The van der Waals surface area contributed by atoms with Gasteiger partial charge in [-0.2, -0.15) is 0 Å². The molecule has 0 heterocycles. The Labute approximate surface area is 148 Å². The van der Waals surface area contributed by atoms with Gasteiger partial charge in [-0.25, -0.2) is 0 Å². The summed E-state index contributed by atoms with van der Waals surface area (Å²) in [5.74, 6) is 2.16. The van der Waals surface area contributed by atoms with Gasteiger partial charge in [0.15, 0.2) is 0 Å². The third kappa shape index (κ3) is 3.81. The predicted octanol–water partition coefficient (Wildman–Crippen LogP) is 7.12. The van der Waals surface area contributed by atoms with Crippen LogP contribution >= 0.6 is 0 Å². The highest BCUT2D eigenvalue weighted by molar-refractivity contribution is 5.38. The molecule has 2 aliphatic rings. The maximum atomic E-state index is 9.84. The van der Waals surface area contributed by atoms with Gasteiger partial charge >= 0.3 is 0 Å². The SMILES string of the molecule is CCCCCCCCCC12CCC(CC1c1ccc(O)c(C)c1)C2. The van der Waals surface area contributed by atoms with Crippen molar-refractivity contribution in [2.24, 2.45) is 11.3 Å². The Balaban J connectivity index is 1.56. The lowest BCUT2D eigenvalue weighted by molar-refractivity contribution is 0.220. The maximum absolute atomic E-state index is 9.84. The molecule has 1 aromatic carbocycles. The maximum Gasteiger partial charge on any atom is 0.118 e. The number of unbranched alkanes of at least 4 members (excludes halogenated alkanes) is 6. The van der Waals surface area contributed by atoms with Crippen LogP contribution in [0.15, 0.2) is 18.2 Å². The minimum Gasteiger partial charge on any atom is -0.508 e. The van der Waals surface area contributed by atoms with Gasteiger partial charge in [0.25, 0.3) is 0 Å². The molecule has 1 aromatic rings. The zero-order valence-electron chi connectivity index (χ0n) is 15.8. The van der Waals surface area contributed by atoms with Crippen molar-refractivity contribution < 1.29 is 5.11 Å². The monoisotopic (exact) mass is 328 g/mol. The van der Waals surface area contributed by atoms with Crippen LogP contribution < -0.4 is 0 Å². The molecule has 134 valence electrons. The van der Waals surface area contributed by atoms with Gasteiger partial charge in [0.05, 0.1) is 0 Å². The van der Waals surface area contributed by atoms with E-state index in [1.807, 2.05) is 13.0 Å². The van der Waals surface area contributed by atoms with Crippen LogP contribution in [0, 0.1) is 18.3 Å². The second kappa shape index (κ2) is 7.93. The fraction of sp³-hybridized carbons (Fsp3) is 0.739. The van der Waals surface area contributed by atoms with E-state index in [9.17, 15) is 5.11 Å². The summed E-state index contributed by atoms with van der Waals surface area (Å²) < 4.78 is 0. The minimum atomic E-state index is 0.447. The van der Waals surface area contributed by atoms with Crippen molar-refractivity contribution in [3.05, 3.63) is 29.3 Å². The number of phenolic OH excluding ortho intramolecular Hbond substituents is 1. The third-order valence-corrected chi connectivity index (χ3v) is 6.96. The van der Waals surface area contributed by atoms with Crippen LogP contribution in [-0.2, 0) is 0 Å². The quantitative estimate of drug-likeness (QED) is 0.479. The van der Waals surface area contributed by atoms with Crippen LogP contribution in [0.1, 0.15) is 101 Å². The average molecular weight is 329 g/mol. The van der Waals surface area contributed by atoms with E-state index in [0.29, 0.717) is 11.2 Å². The first-order chi connectivity index (χ1) is 11.6. The molecule has 2 fully saturated rings. The molecular weight excluding hydrogens is 292 g/mol. The highest BCUT2D eigenvalue weighted by Gasteiger charge is 2.51. The zero-order valence-corrected chi connectivity index (χ0v) is 15.8. The van der Waals surface area contributed by atoms with Gasteiger partial charge in [-0.1, -0.05) is 64.0 Å². The van der Waals surface area contributed by atoms with Gasteiger partial charge in [-0.15, -0.1) is 0 Å². The summed E-state index contributed by atoms with van der Waals surface area (Å²) in [5, 5.41) is 9.84. The Morgan fingerprint density at radius 2 is 1.83 bits per heavy atom. The molecule has 3 unspecified atom stereocenters. The van der Waals surface area contributed by atoms with Crippen LogP contribution in [-0.4, -0.2) is 5.11 Å². The fourth-order valence-electron chi connectivity index (χ4n) is 5.59. The number of phenols is 1. The lowest BCUT2D eigenvalue weighted by Gasteiger charge is -2.36. The van der Waals surface area contributed by atoms with E-state index in [2.05, 4.69) is 19.1 Å². The van der Waals surface area contributed by atoms with Crippen molar-refractivity contribution >= 4 is 0 Å². The lowest BCUT2D eigenvalue weighted by Crippen LogP contribution is -2.23. The molecule has 0 aliphatic heterocycles. The van der Waals surface area contributed by atoms with Crippen LogP contribution in [0.5, 0.6) is 5.75 Å². The molecule has 0 radical (unpaired) electrons. The highest BCUT2D eigenvalue weighted by atomic mass is 16.3. The van der Waals surface area contributed by atoms with Crippen molar-refractivity contribution in [3.8, 4) is 5.75 Å². The molecule has 2 bridgehead atoms. The van der Waals surface area contributed by atoms with Crippen LogP contribution in [0.4, 0.5) is 0 Å². The summed E-state index contributed by atoms with van der Waals surface area (Å²) in [7, 11) is 0. The van der Waals surface area contributed by atoms with Gasteiger partial charge in [0.2, 0.25) is 0 Å². The molecule has 1 heteroatoms. The Kier molecular flexibility index (Phi) is 5.89. The molecular formula is C23H36O. The zero-order chi connectivity index (χ0) is 17.0. The summed E-state index contributed by atoms with van der Waals surface area (Å²) in [6.45, 7) is 4.33. The number of fused-ring (bicyclic) bond motifs is 2. The van der Waals surface area contributed by atoms with Crippen molar-refractivity contribution in [1.29, 1.82) is 0 Å². The van der Waals surface area contributed by atoms with Crippen molar-refractivity contribution in [1.82, 2.24) is 0 Å². The largest absolute Gasteiger partial charge is 0.508 e. The van der Waals surface area contributed by atoms with E-state index in [-0.39, 0.29) is 0 Å². The molecule has 2 aliphatic carbocycles. The van der Waals surface area contributed by atoms with Gasteiger partial charge in [0, 0.05) is 0 Å². The molecule has 3 rings (SSSR count). The van der Waals surface area contributed by atoms with Crippen molar-refractivity contribution in [2.75, 3.05) is 0 Å². The molecule has 0 saturated heterocycles. The second-order valence-electron chi connectivity index (χ2n) is 8.68. The fourth-order valence-corrected chi connectivity index (χ4v) is 5.59. The lowest BCUT2D eigenvalue weighted by atomic mass is 9.68. The number of benzene rings is 1. The third-order valence-electron chi connectivity index (χ3n) is 6.96. The second-order valence-corrected chi connectivity index (χ2v) is 8.68. The first kappa shape index (κ1) is 17.8. The van der Waals surface area contributed by atoms with E-state index in [1.165, 1.54) is 82.6 Å². The standard InChI is InChI=1S/C23H36O/c1-3-4-5-6-7-8-9-13-23-14-12-19(17-23)16-21(23)20-10-11-22(24)18(2)15-20/h10-11,15,19,21,24H,3-9,12-14,16-17H2,1-2H3. The smallest absolute Gasteiger partial charge is 0.118 e. The van der Waals surface area contributed by atoms with E-state index < -0.39 is 0 Å². The van der Waals surface area contributed by atoms with Gasteiger partial charge < -0.3 is 5.11 Å². The molecule has 24 heavy (non-hydrogen) atoms. The first-order valence-electron chi connectivity index (χ1n) is 10.4. The molecule has 2 saturated carbocycles. The predicted molar refractivity (Wildman–Crippen MR) is 103 cm³/mol. The summed E-state index contributed by atoms with van der Waals surface area (Å²) in [6.07, 6.45) is 17.1. The summed E-state index contributed by atoms with van der Waals surface area (Å²) in [5.41, 5.74) is 3.12. The number of hydrogen-bond donors (Lipinski definition) is 1.